The van der Waals surface area contributed by atoms with Gasteiger partial charge in [-0.2, -0.15) is 0 Å². The van der Waals surface area contributed by atoms with Gasteiger partial charge in [-0.25, -0.2) is 4.98 Å². The largest absolute Gasteiger partial charge is 0.355 e. The molecule has 100 valence electrons. The monoisotopic (exact) mass is 329 g/mol. The zero-order valence-corrected chi connectivity index (χ0v) is 12.4. The first-order valence-electron chi connectivity index (χ1n) is 6.14. The quantitative estimate of drug-likeness (QED) is 0.785. The summed E-state index contributed by atoms with van der Waals surface area (Å²) in [6.07, 6.45) is 3.81. The van der Waals surface area contributed by atoms with Crippen molar-refractivity contribution in [1.29, 1.82) is 0 Å². The maximum absolute atomic E-state index is 11.5. The number of carbonyl (C=O) groups excluding carboxylic acids is 1. The molecule has 3 rings (SSSR count). The molecule has 5 heteroatoms. The summed E-state index contributed by atoms with van der Waals surface area (Å²) < 4.78 is 3.00. The number of hydrogen-bond acceptors (Lipinski definition) is 2. The number of pyridine rings is 1. The van der Waals surface area contributed by atoms with Crippen LogP contribution in [0, 0.1) is 0 Å². The van der Waals surface area contributed by atoms with Gasteiger partial charge < -0.3 is 5.32 Å². The van der Waals surface area contributed by atoms with Crippen molar-refractivity contribution in [2.75, 3.05) is 7.05 Å². The van der Waals surface area contributed by atoms with Crippen LogP contribution in [0.2, 0.25) is 0 Å². The van der Waals surface area contributed by atoms with Crippen LogP contribution in [-0.2, 0) is 0 Å². The molecule has 0 atom stereocenters. The van der Waals surface area contributed by atoms with Gasteiger partial charge >= 0.3 is 0 Å². The van der Waals surface area contributed by atoms with Gasteiger partial charge in [0, 0.05) is 28.8 Å². The highest BCUT2D eigenvalue weighted by Crippen LogP contribution is 2.23. The highest BCUT2D eigenvalue weighted by atomic mass is 79.9. The second-order valence-electron chi connectivity index (χ2n) is 4.38. The van der Waals surface area contributed by atoms with Gasteiger partial charge in [0.05, 0.1) is 11.9 Å². The average Bonchev–Trinajstić information content (AvgIpc) is 2.89. The second-order valence-corrected chi connectivity index (χ2v) is 5.29. The molecule has 2 aromatic heterocycles. The molecule has 0 fully saturated rings. The van der Waals surface area contributed by atoms with E-state index < -0.39 is 0 Å². The van der Waals surface area contributed by atoms with Crippen LogP contribution in [0.1, 0.15) is 10.4 Å². The number of nitrogens with zero attached hydrogens (tertiary/aromatic N) is 2. The minimum atomic E-state index is -0.0857. The first-order valence-corrected chi connectivity index (χ1v) is 6.93. The fourth-order valence-corrected chi connectivity index (χ4v) is 2.44. The summed E-state index contributed by atoms with van der Waals surface area (Å²) in [6.45, 7) is 0. The number of nitrogens with one attached hydrogen (secondary N) is 1. The molecule has 0 radical (unpaired) electrons. The predicted molar refractivity (Wildman–Crippen MR) is 81.7 cm³/mol. The molecule has 0 aliphatic carbocycles. The number of amides is 1. The van der Waals surface area contributed by atoms with E-state index in [9.17, 15) is 4.79 Å². The van der Waals surface area contributed by atoms with E-state index in [4.69, 9.17) is 0 Å². The summed E-state index contributed by atoms with van der Waals surface area (Å²) >= 11 is 3.46. The van der Waals surface area contributed by atoms with Crippen LogP contribution in [0.25, 0.3) is 16.9 Å². The van der Waals surface area contributed by atoms with Crippen LogP contribution in [0.4, 0.5) is 0 Å². The van der Waals surface area contributed by atoms with Crippen molar-refractivity contribution >= 4 is 27.5 Å². The minimum absolute atomic E-state index is 0.0857. The topological polar surface area (TPSA) is 46.4 Å². The van der Waals surface area contributed by atoms with E-state index in [1.54, 1.807) is 7.05 Å². The fourth-order valence-electron chi connectivity index (χ4n) is 2.10. The zero-order valence-electron chi connectivity index (χ0n) is 10.8. The number of aromatic nitrogens is 2. The Morgan fingerprint density at radius 3 is 2.65 bits per heavy atom. The number of fused-ring (bicyclic) bond motifs is 1. The van der Waals surface area contributed by atoms with E-state index in [1.165, 1.54) is 0 Å². The molecular formula is C15H12BrN3O. The van der Waals surface area contributed by atoms with Crippen molar-refractivity contribution in [2.45, 2.75) is 0 Å². The average molecular weight is 330 g/mol. The van der Waals surface area contributed by atoms with E-state index in [2.05, 4.69) is 26.2 Å². The lowest BCUT2D eigenvalue weighted by Crippen LogP contribution is -2.17. The van der Waals surface area contributed by atoms with Crippen LogP contribution in [0.3, 0.4) is 0 Å². The molecule has 0 aliphatic rings. The number of rotatable bonds is 2. The van der Waals surface area contributed by atoms with E-state index >= 15 is 0 Å². The Hall–Kier alpha value is -2.14. The lowest BCUT2D eigenvalue weighted by Gasteiger charge is -2.04. The van der Waals surface area contributed by atoms with Gasteiger partial charge in [-0.1, -0.05) is 12.1 Å². The summed E-state index contributed by atoms with van der Waals surface area (Å²) in [7, 11) is 1.62. The Balaban J connectivity index is 2.07. The van der Waals surface area contributed by atoms with E-state index in [1.807, 2.05) is 53.2 Å². The van der Waals surface area contributed by atoms with Gasteiger partial charge in [0.2, 0.25) is 0 Å². The number of imidazole rings is 1. The minimum Gasteiger partial charge on any atom is -0.355 e. The maximum Gasteiger partial charge on any atom is 0.251 e. The van der Waals surface area contributed by atoms with Crippen LogP contribution >= 0.6 is 15.9 Å². The highest BCUT2D eigenvalue weighted by Gasteiger charge is 2.08. The summed E-state index contributed by atoms with van der Waals surface area (Å²) in [6, 6.07) is 11.4. The first-order chi connectivity index (χ1) is 9.69. The van der Waals surface area contributed by atoms with E-state index in [-0.39, 0.29) is 5.91 Å². The Labute approximate surface area is 124 Å². The zero-order chi connectivity index (χ0) is 14.1. The lowest BCUT2D eigenvalue weighted by atomic mass is 10.1. The molecule has 0 unspecified atom stereocenters. The standard InChI is InChI=1S/C15H12BrN3O/c1-17-15(20)11-4-2-10(3-5-11)13-8-18-14-7-6-12(16)9-19(13)14/h2-9H,1H3,(H,17,20). The Kier molecular flexibility index (Phi) is 3.28. The summed E-state index contributed by atoms with van der Waals surface area (Å²) in [5, 5.41) is 2.61. The summed E-state index contributed by atoms with van der Waals surface area (Å²) in [4.78, 5) is 15.9. The smallest absolute Gasteiger partial charge is 0.251 e. The van der Waals surface area contributed by atoms with Crippen molar-refractivity contribution in [3.8, 4) is 11.3 Å². The van der Waals surface area contributed by atoms with Gasteiger partial charge in [0.1, 0.15) is 5.65 Å². The highest BCUT2D eigenvalue weighted by molar-refractivity contribution is 9.10. The van der Waals surface area contributed by atoms with Gasteiger partial charge in [-0.05, 0) is 40.2 Å². The van der Waals surface area contributed by atoms with E-state index in [0.717, 1.165) is 21.4 Å². The van der Waals surface area contributed by atoms with Crippen LogP contribution in [0.15, 0.2) is 53.3 Å². The number of carbonyl (C=O) groups is 1. The second kappa shape index (κ2) is 5.09. The molecule has 4 nitrogen and oxygen atoms in total. The third-order valence-corrected chi connectivity index (χ3v) is 3.61. The SMILES string of the molecule is CNC(=O)c1ccc(-c2cnc3ccc(Br)cn23)cc1. The number of halogens is 1. The Bertz CT molecular complexity index is 777. The molecule has 1 aromatic carbocycles. The van der Waals surface area contributed by atoms with Crippen molar-refractivity contribution in [2.24, 2.45) is 0 Å². The normalized spacial score (nSPS) is 10.7. The van der Waals surface area contributed by atoms with Gasteiger partial charge in [-0.3, -0.25) is 9.20 Å². The predicted octanol–water partition coefficient (Wildman–Crippen LogP) is 3.12. The van der Waals surface area contributed by atoms with Crippen molar-refractivity contribution < 1.29 is 4.79 Å². The van der Waals surface area contributed by atoms with Gasteiger partial charge in [-0.15, -0.1) is 0 Å². The summed E-state index contributed by atoms with van der Waals surface area (Å²) in [5.74, 6) is -0.0857. The van der Waals surface area contributed by atoms with Crippen molar-refractivity contribution in [3.05, 3.63) is 58.8 Å². The van der Waals surface area contributed by atoms with Gasteiger partial charge in [0.25, 0.3) is 5.91 Å². The molecule has 3 aromatic rings. The van der Waals surface area contributed by atoms with Crippen molar-refractivity contribution in [3.63, 3.8) is 0 Å². The number of benzene rings is 1. The third-order valence-electron chi connectivity index (χ3n) is 3.14. The number of hydrogen-bond donors (Lipinski definition) is 1. The van der Waals surface area contributed by atoms with Gasteiger partial charge in [0.15, 0.2) is 0 Å². The van der Waals surface area contributed by atoms with Crippen molar-refractivity contribution in [1.82, 2.24) is 14.7 Å². The molecule has 1 N–H and O–H groups in total. The molecule has 20 heavy (non-hydrogen) atoms. The molecule has 0 bridgehead atoms. The first kappa shape index (κ1) is 12.9. The maximum atomic E-state index is 11.5. The van der Waals surface area contributed by atoms with Crippen LogP contribution < -0.4 is 5.32 Å². The fraction of sp³-hybridized carbons (Fsp3) is 0.0667. The molecule has 0 saturated carbocycles. The van der Waals surface area contributed by atoms with E-state index in [0.29, 0.717) is 5.56 Å². The Morgan fingerprint density at radius 1 is 1.20 bits per heavy atom. The Morgan fingerprint density at radius 2 is 1.95 bits per heavy atom. The summed E-state index contributed by atoms with van der Waals surface area (Å²) in [5.41, 5.74) is 3.54. The molecule has 1 amide bonds. The molecule has 0 saturated heterocycles. The van der Waals surface area contributed by atoms with Crippen LogP contribution in [-0.4, -0.2) is 22.3 Å². The molecule has 0 aliphatic heterocycles. The lowest BCUT2D eigenvalue weighted by molar-refractivity contribution is 0.0963. The molecular weight excluding hydrogens is 318 g/mol. The molecule has 2 heterocycles. The van der Waals surface area contributed by atoms with Crippen LogP contribution in [0.5, 0.6) is 0 Å². The molecule has 0 spiro atoms. The third kappa shape index (κ3) is 2.20.